The lowest BCUT2D eigenvalue weighted by atomic mass is 9.95. The van der Waals surface area contributed by atoms with Crippen molar-refractivity contribution in [3.8, 4) is 0 Å². The van der Waals surface area contributed by atoms with Gasteiger partial charge in [-0.05, 0) is 31.4 Å². The van der Waals surface area contributed by atoms with Crippen LogP contribution >= 0.6 is 0 Å². The van der Waals surface area contributed by atoms with E-state index < -0.39 is 15.6 Å². The molecule has 0 bridgehead atoms. The lowest BCUT2D eigenvalue weighted by molar-refractivity contribution is -0.132. The van der Waals surface area contributed by atoms with Crippen molar-refractivity contribution in [2.24, 2.45) is 11.4 Å². The predicted molar refractivity (Wildman–Crippen MR) is 118 cm³/mol. The SMILES string of the molecule is Cc1ccccc1C(C)C(=O)N1CCCS(=O)(=NC(=O)CCn2ncn(C)c2=O)CC1. The van der Waals surface area contributed by atoms with Crippen molar-refractivity contribution < 1.29 is 13.8 Å². The molecule has 1 aliphatic rings. The predicted octanol–water partition coefficient (Wildman–Crippen LogP) is 1.31. The number of aromatic nitrogens is 3. The Morgan fingerprint density at radius 3 is 2.65 bits per heavy atom. The monoisotopic (exact) mass is 447 g/mol. The summed E-state index contributed by atoms with van der Waals surface area (Å²) in [7, 11) is -1.15. The Labute approximate surface area is 182 Å². The van der Waals surface area contributed by atoms with Crippen LogP contribution in [0.5, 0.6) is 0 Å². The summed E-state index contributed by atoms with van der Waals surface area (Å²) in [4.78, 5) is 38.8. The van der Waals surface area contributed by atoms with E-state index in [1.54, 1.807) is 11.9 Å². The number of aryl methyl sites for hydroxylation is 3. The summed E-state index contributed by atoms with van der Waals surface area (Å²) in [5.74, 6) is -0.334. The van der Waals surface area contributed by atoms with Gasteiger partial charge < -0.3 is 4.90 Å². The van der Waals surface area contributed by atoms with Gasteiger partial charge in [-0.2, -0.15) is 9.46 Å². The lowest BCUT2D eigenvalue weighted by Crippen LogP contribution is -2.36. The van der Waals surface area contributed by atoms with Crippen LogP contribution < -0.4 is 5.69 Å². The molecule has 9 nitrogen and oxygen atoms in total. The van der Waals surface area contributed by atoms with Gasteiger partial charge >= 0.3 is 5.69 Å². The van der Waals surface area contributed by atoms with E-state index in [1.165, 1.54) is 15.6 Å². The number of carbonyl (C=O) groups is 2. The van der Waals surface area contributed by atoms with E-state index in [1.807, 2.05) is 38.1 Å². The molecule has 0 radical (unpaired) electrons. The van der Waals surface area contributed by atoms with Crippen molar-refractivity contribution >= 4 is 21.5 Å². The highest BCUT2D eigenvalue weighted by atomic mass is 32.2. The first-order chi connectivity index (χ1) is 14.7. The number of hydrogen-bond donors (Lipinski definition) is 0. The molecule has 1 aliphatic heterocycles. The summed E-state index contributed by atoms with van der Waals surface area (Å²) < 4.78 is 19.7. The van der Waals surface area contributed by atoms with Crippen molar-refractivity contribution in [3.63, 3.8) is 0 Å². The number of hydrogen-bond acceptors (Lipinski definition) is 5. The van der Waals surface area contributed by atoms with E-state index in [0.29, 0.717) is 19.5 Å². The molecule has 0 N–H and O–H groups in total. The number of amides is 2. The van der Waals surface area contributed by atoms with E-state index in [0.717, 1.165) is 11.1 Å². The molecule has 1 aromatic carbocycles. The van der Waals surface area contributed by atoms with Gasteiger partial charge in [-0.25, -0.2) is 13.7 Å². The Morgan fingerprint density at radius 1 is 1.23 bits per heavy atom. The fourth-order valence-electron chi connectivity index (χ4n) is 3.75. The fourth-order valence-corrected chi connectivity index (χ4v) is 5.68. The van der Waals surface area contributed by atoms with Gasteiger partial charge in [0.25, 0.3) is 5.91 Å². The first-order valence-electron chi connectivity index (χ1n) is 10.4. The molecule has 3 rings (SSSR count). The van der Waals surface area contributed by atoms with E-state index in [9.17, 15) is 18.6 Å². The highest BCUT2D eigenvalue weighted by Crippen LogP contribution is 2.22. The van der Waals surface area contributed by atoms with Gasteiger partial charge in [-0.15, -0.1) is 0 Å². The topological polar surface area (TPSA) is 107 Å². The van der Waals surface area contributed by atoms with E-state index in [2.05, 4.69) is 9.46 Å². The fraction of sp³-hybridized carbons (Fsp3) is 0.524. The lowest BCUT2D eigenvalue weighted by Gasteiger charge is -2.24. The number of nitrogens with zero attached hydrogens (tertiary/aromatic N) is 5. The molecule has 2 amide bonds. The van der Waals surface area contributed by atoms with Gasteiger partial charge in [-0.1, -0.05) is 24.3 Å². The third-order valence-corrected chi connectivity index (χ3v) is 7.88. The number of rotatable bonds is 5. The Kier molecular flexibility index (Phi) is 7.09. The van der Waals surface area contributed by atoms with Crippen LogP contribution in [0.1, 0.15) is 36.8 Å². The highest BCUT2D eigenvalue weighted by Gasteiger charge is 2.27. The van der Waals surface area contributed by atoms with Crippen LogP contribution in [0.4, 0.5) is 0 Å². The molecule has 2 heterocycles. The molecule has 1 aromatic heterocycles. The first kappa shape index (κ1) is 22.9. The third-order valence-electron chi connectivity index (χ3n) is 5.60. The number of benzene rings is 1. The largest absolute Gasteiger partial charge is 0.345 e. The minimum Gasteiger partial charge on any atom is -0.341 e. The molecule has 0 aliphatic carbocycles. The van der Waals surface area contributed by atoms with Crippen LogP contribution in [0.2, 0.25) is 0 Å². The average molecular weight is 448 g/mol. The zero-order chi connectivity index (χ0) is 22.6. The summed E-state index contributed by atoms with van der Waals surface area (Å²) in [6.45, 7) is 4.78. The van der Waals surface area contributed by atoms with Gasteiger partial charge in [0.1, 0.15) is 6.33 Å². The molecule has 2 atom stereocenters. The quantitative estimate of drug-likeness (QED) is 0.687. The van der Waals surface area contributed by atoms with Crippen LogP contribution in [-0.4, -0.2) is 59.9 Å². The summed E-state index contributed by atoms with van der Waals surface area (Å²) in [6, 6.07) is 7.81. The first-order valence-corrected chi connectivity index (χ1v) is 12.2. The molecule has 2 aromatic rings. The minimum absolute atomic E-state index is 0.00111. The van der Waals surface area contributed by atoms with Crippen LogP contribution in [0.25, 0.3) is 0 Å². The van der Waals surface area contributed by atoms with E-state index >= 15 is 0 Å². The molecule has 1 fully saturated rings. The van der Waals surface area contributed by atoms with E-state index in [-0.39, 0.29) is 42.0 Å². The van der Waals surface area contributed by atoms with Crippen LogP contribution in [0.15, 0.2) is 39.8 Å². The zero-order valence-electron chi connectivity index (χ0n) is 18.2. The normalized spacial score (nSPS) is 20.2. The van der Waals surface area contributed by atoms with Gasteiger partial charge in [0.15, 0.2) is 0 Å². The average Bonchev–Trinajstić information content (AvgIpc) is 2.93. The maximum Gasteiger partial charge on any atom is 0.345 e. The third kappa shape index (κ3) is 5.49. The van der Waals surface area contributed by atoms with Crippen molar-refractivity contribution in [3.05, 3.63) is 52.2 Å². The van der Waals surface area contributed by atoms with Crippen LogP contribution in [0, 0.1) is 6.92 Å². The highest BCUT2D eigenvalue weighted by molar-refractivity contribution is 7.93. The van der Waals surface area contributed by atoms with Crippen LogP contribution in [0.3, 0.4) is 0 Å². The van der Waals surface area contributed by atoms with Crippen LogP contribution in [-0.2, 0) is 32.9 Å². The molecule has 1 saturated heterocycles. The molecule has 0 saturated carbocycles. The summed E-state index contributed by atoms with van der Waals surface area (Å²) >= 11 is 0. The zero-order valence-corrected chi connectivity index (χ0v) is 19.0. The summed E-state index contributed by atoms with van der Waals surface area (Å²) in [6.07, 6.45) is 1.86. The smallest absolute Gasteiger partial charge is 0.341 e. The number of carbonyl (C=O) groups excluding carboxylic acids is 2. The molecule has 2 unspecified atom stereocenters. The standard InChI is InChI=1S/C21H29N5O4S/c1-16-7-4-5-8-18(16)17(2)20(28)25-10-6-13-31(30,14-12-25)23-19(27)9-11-26-21(29)24(3)15-22-26/h4-5,7-8,15,17H,6,9-14H2,1-3H3. The molecule has 168 valence electrons. The Bertz CT molecular complexity index is 1140. The van der Waals surface area contributed by atoms with Crippen molar-refractivity contribution in [2.45, 2.75) is 39.2 Å². The van der Waals surface area contributed by atoms with Gasteiger partial charge in [0, 0.05) is 38.1 Å². The molecular weight excluding hydrogens is 418 g/mol. The molecule has 0 spiro atoms. The van der Waals surface area contributed by atoms with Gasteiger partial charge in [-0.3, -0.25) is 14.2 Å². The van der Waals surface area contributed by atoms with Gasteiger partial charge in [0.2, 0.25) is 5.91 Å². The molecular formula is C21H29N5O4S. The van der Waals surface area contributed by atoms with E-state index in [4.69, 9.17) is 0 Å². The minimum atomic E-state index is -2.73. The Morgan fingerprint density at radius 2 is 1.97 bits per heavy atom. The maximum atomic E-state index is 13.2. The second-order valence-electron chi connectivity index (χ2n) is 7.92. The summed E-state index contributed by atoms with van der Waals surface area (Å²) in [5.41, 5.74) is 1.74. The molecule has 10 heteroatoms. The second-order valence-corrected chi connectivity index (χ2v) is 10.5. The van der Waals surface area contributed by atoms with Gasteiger partial charge in [0.05, 0.1) is 22.2 Å². The van der Waals surface area contributed by atoms with Crippen molar-refractivity contribution in [1.29, 1.82) is 0 Å². The second kappa shape index (κ2) is 9.59. The Hall–Kier alpha value is -2.75. The molecule has 31 heavy (non-hydrogen) atoms. The Balaban J connectivity index is 1.63. The summed E-state index contributed by atoms with van der Waals surface area (Å²) in [5, 5.41) is 3.90. The maximum absolute atomic E-state index is 13.2. The van der Waals surface area contributed by atoms with Crippen molar-refractivity contribution in [2.75, 3.05) is 24.6 Å². The van der Waals surface area contributed by atoms with Crippen molar-refractivity contribution in [1.82, 2.24) is 19.2 Å².